The number of nitrogens with zero attached hydrogens (tertiary/aromatic N) is 1. The van der Waals surface area contributed by atoms with Gasteiger partial charge in [0, 0.05) is 5.69 Å². The molecule has 0 saturated heterocycles. The number of anilines is 2. The van der Waals surface area contributed by atoms with Crippen LogP contribution in [-0.2, 0) is 22.4 Å². The van der Waals surface area contributed by atoms with E-state index in [0.29, 0.717) is 33.7 Å². The van der Waals surface area contributed by atoms with Gasteiger partial charge < -0.3 is 15.8 Å². The fourth-order valence-corrected chi connectivity index (χ4v) is 3.13. The third-order valence-electron chi connectivity index (χ3n) is 3.78. The molecule has 2 aromatic rings. The number of benzene rings is 1. The van der Waals surface area contributed by atoms with Gasteiger partial charge in [-0.05, 0) is 43.4 Å². The molecule has 140 valence electrons. The summed E-state index contributed by atoms with van der Waals surface area (Å²) in [4.78, 5) is 29.3. The van der Waals surface area contributed by atoms with Gasteiger partial charge in [-0.2, -0.15) is 0 Å². The van der Waals surface area contributed by atoms with Crippen LogP contribution in [0.3, 0.4) is 0 Å². The summed E-state index contributed by atoms with van der Waals surface area (Å²) in [5.74, 6) is -0.626. The highest BCUT2D eigenvalue weighted by molar-refractivity contribution is 7.17. The molecule has 1 heterocycles. The molecule has 1 aromatic carbocycles. The van der Waals surface area contributed by atoms with Crippen LogP contribution in [0.25, 0.3) is 0 Å². The first-order valence-corrected chi connectivity index (χ1v) is 9.47. The normalized spacial score (nSPS) is 12.0. The van der Waals surface area contributed by atoms with Crippen molar-refractivity contribution in [3.8, 4) is 0 Å². The molecule has 0 radical (unpaired) electrons. The van der Waals surface area contributed by atoms with Crippen LogP contribution in [0.15, 0.2) is 24.3 Å². The van der Waals surface area contributed by atoms with Gasteiger partial charge in [0.1, 0.15) is 4.88 Å². The lowest BCUT2D eigenvalue weighted by Crippen LogP contribution is -2.30. The Bertz CT molecular complexity index is 769. The second kappa shape index (κ2) is 8.80. The summed E-state index contributed by atoms with van der Waals surface area (Å²) in [6, 6.07) is 7.56. The molecule has 1 aromatic heterocycles. The molecular formula is C19H25N3O3S. The number of aromatic nitrogens is 1. The largest absolute Gasteiger partial charge is 0.448 e. The third kappa shape index (κ3) is 5.29. The highest BCUT2D eigenvalue weighted by Crippen LogP contribution is 2.24. The maximum atomic E-state index is 12.4. The summed E-state index contributed by atoms with van der Waals surface area (Å²) in [5.41, 5.74) is 8.20. The quantitative estimate of drug-likeness (QED) is 0.720. The van der Waals surface area contributed by atoms with Crippen LogP contribution in [0.2, 0.25) is 0 Å². The van der Waals surface area contributed by atoms with Crippen LogP contribution >= 0.6 is 11.3 Å². The molecule has 2 rings (SSSR count). The van der Waals surface area contributed by atoms with Gasteiger partial charge >= 0.3 is 5.97 Å². The molecule has 0 spiro atoms. The van der Waals surface area contributed by atoms with E-state index in [0.717, 1.165) is 17.8 Å². The number of rotatable bonds is 7. The van der Waals surface area contributed by atoms with E-state index in [1.165, 1.54) is 5.56 Å². The van der Waals surface area contributed by atoms with E-state index < -0.39 is 12.1 Å². The van der Waals surface area contributed by atoms with Crippen LogP contribution in [-0.4, -0.2) is 23.0 Å². The number of amides is 1. The summed E-state index contributed by atoms with van der Waals surface area (Å²) >= 11 is 1.09. The first-order chi connectivity index (χ1) is 12.3. The molecule has 0 saturated carbocycles. The minimum atomic E-state index is -0.927. The predicted octanol–water partition coefficient (Wildman–Crippen LogP) is 3.67. The molecule has 7 heteroatoms. The first kappa shape index (κ1) is 19.9. The van der Waals surface area contributed by atoms with Crippen molar-refractivity contribution in [1.29, 1.82) is 0 Å². The molecule has 3 N–H and O–H groups in total. The Morgan fingerprint density at radius 2 is 1.88 bits per heavy atom. The topological polar surface area (TPSA) is 94.3 Å². The monoisotopic (exact) mass is 375 g/mol. The van der Waals surface area contributed by atoms with Gasteiger partial charge in [-0.25, -0.2) is 9.78 Å². The van der Waals surface area contributed by atoms with Crippen LogP contribution in [0.5, 0.6) is 0 Å². The fraction of sp³-hybridized carbons (Fsp3) is 0.421. The lowest BCUT2D eigenvalue weighted by atomic mass is 10.1. The van der Waals surface area contributed by atoms with Gasteiger partial charge in [0.15, 0.2) is 11.2 Å². The number of nitrogens with two attached hydrogens (primary N) is 1. The minimum absolute atomic E-state index is 0.320. The van der Waals surface area contributed by atoms with Crippen molar-refractivity contribution in [3.63, 3.8) is 0 Å². The molecule has 6 nitrogen and oxygen atoms in total. The minimum Gasteiger partial charge on any atom is -0.448 e. The van der Waals surface area contributed by atoms with Gasteiger partial charge in [0.25, 0.3) is 5.91 Å². The van der Waals surface area contributed by atoms with Crippen molar-refractivity contribution in [3.05, 3.63) is 40.4 Å². The maximum absolute atomic E-state index is 12.4. The zero-order valence-electron chi connectivity index (χ0n) is 15.5. The Labute approximate surface area is 157 Å². The van der Waals surface area contributed by atoms with Crippen molar-refractivity contribution in [2.75, 3.05) is 11.1 Å². The Hall–Kier alpha value is -2.41. The number of nitrogens with one attached hydrogen (secondary N) is 1. The number of carbonyl (C=O) groups excluding carboxylic acids is 2. The standard InChI is InChI=1S/C19H25N3O3S/c1-5-13-6-8-14(9-7-13)21-17(23)12(4)25-18(24)16-15(10-11(2)3)22-19(20)26-16/h6-9,11-12H,5,10H2,1-4H3,(H2,20,22)(H,21,23)/t12-/m0/s1. The molecule has 0 unspecified atom stereocenters. The van der Waals surface area contributed by atoms with E-state index in [2.05, 4.69) is 17.2 Å². The highest BCUT2D eigenvalue weighted by Gasteiger charge is 2.24. The van der Waals surface area contributed by atoms with Gasteiger partial charge in [-0.3, -0.25) is 4.79 Å². The molecule has 1 amide bonds. The average molecular weight is 375 g/mol. The molecule has 0 aliphatic rings. The van der Waals surface area contributed by atoms with E-state index in [1.807, 2.05) is 38.1 Å². The van der Waals surface area contributed by atoms with E-state index in [4.69, 9.17) is 10.5 Å². The average Bonchev–Trinajstić information content (AvgIpc) is 2.95. The number of aryl methyl sites for hydroxylation is 1. The molecule has 0 aliphatic carbocycles. The predicted molar refractivity (Wildman–Crippen MR) is 104 cm³/mol. The van der Waals surface area contributed by atoms with Crippen LogP contribution < -0.4 is 11.1 Å². The third-order valence-corrected chi connectivity index (χ3v) is 4.69. The van der Waals surface area contributed by atoms with Crippen LogP contribution in [0, 0.1) is 5.92 Å². The van der Waals surface area contributed by atoms with Crippen molar-refractivity contribution in [1.82, 2.24) is 4.98 Å². The Kier molecular flexibility index (Phi) is 6.74. The Balaban J connectivity index is 2.00. The maximum Gasteiger partial charge on any atom is 0.351 e. The zero-order valence-corrected chi connectivity index (χ0v) is 16.4. The van der Waals surface area contributed by atoms with Crippen molar-refractivity contribution in [2.45, 2.75) is 46.6 Å². The Morgan fingerprint density at radius 3 is 2.46 bits per heavy atom. The molecule has 26 heavy (non-hydrogen) atoms. The van der Waals surface area contributed by atoms with E-state index in [-0.39, 0.29) is 5.91 Å². The van der Waals surface area contributed by atoms with Crippen molar-refractivity contribution >= 4 is 34.0 Å². The molecule has 0 fully saturated rings. The lowest BCUT2D eigenvalue weighted by Gasteiger charge is -2.14. The number of carbonyl (C=O) groups is 2. The summed E-state index contributed by atoms with van der Waals surface area (Å²) in [5, 5.41) is 3.07. The van der Waals surface area contributed by atoms with E-state index in [1.54, 1.807) is 6.92 Å². The second-order valence-electron chi connectivity index (χ2n) is 6.51. The lowest BCUT2D eigenvalue weighted by molar-refractivity contribution is -0.123. The summed E-state index contributed by atoms with van der Waals surface area (Å²) in [7, 11) is 0. The molecule has 0 aliphatic heterocycles. The van der Waals surface area contributed by atoms with Crippen molar-refractivity contribution in [2.24, 2.45) is 5.92 Å². The smallest absolute Gasteiger partial charge is 0.351 e. The van der Waals surface area contributed by atoms with Crippen LogP contribution in [0.4, 0.5) is 10.8 Å². The van der Waals surface area contributed by atoms with Gasteiger partial charge in [-0.1, -0.05) is 44.2 Å². The Morgan fingerprint density at radius 1 is 1.23 bits per heavy atom. The second-order valence-corrected chi connectivity index (χ2v) is 7.54. The van der Waals surface area contributed by atoms with Gasteiger partial charge in [0.2, 0.25) is 0 Å². The van der Waals surface area contributed by atoms with E-state index in [9.17, 15) is 9.59 Å². The molecule has 0 bridgehead atoms. The van der Waals surface area contributed by atoms with Gasteiger partial charge in [-0.15, -0.1) is 0 Å². The summed E-state index contributed by atoms with van der Waals surface area (Å²) in [6.45, 7) is 7.67. The summed E-state index contributed by atoms with van der Waals surface area (Å²) < 4.78 is 5.31. The zero-order chi connectivity index (χ0) is 19.3. The van der Waals surface area contributed by atoms with Crippen molar-refractivity contribution < 1.29 is 14.3 Å². The van der Waals surface area contributed by atoms with Gasteiger partial charge in [0.05, 0.1) is 5.69 Å². The van der Waals surface area contributed by atoms with Crippen LogP contribution in [0.1, 0.15) is 48.6 Å². The highest BCUT2D eigenvalue weighted by atomic mass is 32.1. The SMILES string of the molecule is CCc1ccc(NC(=O)[C@H](C)OC(=O)c2sc(N)nc2CC(C)C)cc1. The number of thiazole rings is 1. The number of nitrogen functional groups attached to an aromatic ring is 1. The molecular weight excluding hydrogens is 350 g/mol. The van der Waals surface area contributed by atoms with E-state index >= 15 is 0 Å². The number of hydrogen-bond donors (Lipinski definition) is 2. The number of ether oxygens (including phenoxy) is 1. The summed E-state index contributed by atoms with van der Waals surface area (Å²) in [6.07, 6.45) is 0.630. The molecule has 1 atom stereocenters. The number of esters is 1. The first-order valence-electron chi connectivity index (χ1n) is 8.66. The fourth-order valence-electron chi connectivity index (χ4n) is 2.39. The number of hydrogen-bond acceptors (Lipinski definition) is 6.